The number of carbonyl (C=O) groups excluding carboxylic acids is 3. The summed E-state index contributed by atoms with van der Waals surface area (Å²) >= 11 is 0. The van der Waals surface area contributed by atoms with E-state index in [0.29, 0.717) is 40.4 Å². The van der Waals surface area contributed by atoms with E-state index in [1.165, 1.54) is 14.2 Å². The number of benzene rings is 3. The first-order chi connectivity index (χ1) is 16.0. The van der Waals surface area contributed by atoms with Crippen LogP contribution in [-0.2, 0) is 0 Å². The average molecular weight is 447 g/mol. The molecule has 8 nitrogen and oxygen atoms in total. The lowest BCUT2D eigenvalue weighted by Crippen LogP contribution is -2.34. The molecule has 3 N–H and O–H groups in total. The van der Waals surface area contributed by atoms with Gasteiger partial charge in [-0.1, -0.05) is 24.3 Å². The van der Waals surface area contributed by atoms with Gasteiger partial charge in [-0.3, -0.25) is 14.4 Å². The molecule has 0 spiro atoms. The van der Waals surface area contributed by atoms with E-state index < -0.39 is 0 Å². The van der Waals surface area contributed by atoms with E-state index in [4.69, 9.17) is 9.47 Å². The van der Waals surface area contributed by atoms with Crippen molar-refractivity contribution in [2.45, 2.75) is 0 Å². The van der Waals surface area contributed by atoms with Crippen LogP contribution in [0.4, 0.5) is 5.69 Å². The Bertz CT molecular complexity index is 1110. The van der Waals surface area contributed by atoms with E-state index in [1.54, 1.807) is 66.7 Å². The highest BCUT2D eigenvalue weighted by molar-refractivity contribution is 6.07. The van der Waals surface area contributed by atoms with Crippen LogP contribution >= 0.6 is 0 Å². The maximum Gasteiger partial charge on any atom is 0.259 e. The van der Waals surface area contributed by atoms with E-state index >= 15 is 0 Å². The molecule has 3 aromatic rings. The Morgan fingerprint density at radius 2 is 1.27 bits per heavy atom. The summed E-state index contributed by atoms with van der Waals surface area (Å²) < 4.78 is 10.5. The molecule has 0 bridgehead atoms. The Kier molecular flexibility index (Phi) is 8.02. The number of methoxy groups -OCH3 is 2. The normalized spacial score (nSPS) is 10.1. The molecule has 0 radical (unpaired) electrons. The highest BCUT2D eigenvalue weighted by Gasteiger charge is 2.16. The van der Waals surface area contributed by atoms with E-state index in [1.807, 2.05) is 6.07 Å². The number of nitrogens with one attached hydrogen (secondary N) is 3. The number of amides is 3. The highest BCUT2D eigenvalue weighted by Crippen LogP contribution is 2.31. The molecule has 3 aromatic carbocycles. The molecule has 33 heavy (non-hydrogen) atoms. The maximum atomic E-state index is 12.7. The number of ether oxygens (including phenoxy) is 2. The molecule has 8 heteroatoms. The summed E-state index contributed by atoms with van der Waals surface area (Å²) in [6.45, 7) is 0.585. The zero-order valence-corrected chi connectivity index (χ0v) is 18.4. The lowest BCUT2D eigenvalue weighted by Gasteiger charge is -2.13. The van der Waals surface area contributed by atoms with Crippen molar-refractivity contribution in [2.75, 3.05) is 32.6 Å². The van der Waals surface area contributed by atoms with Crippen molar-refractivity contribution >= 4 is 23.4 Å². The minimum absolute atomic E-state index is 0.197. The van der Waals surface area contributed by atoms with Crippen LogP contribution in [0.5, 0.6) is 11.5 Å². The summed E-state index contributed by atoms with van der Waals surface area (Å²) in [5, 5.41) is 8.27. The standard InChI is InChI=1S/C25H25N3O5/c1-32-21-10-6-9-20(22(21)33-2)25(31)28-19-13-11-18(12-14-19)24(30)27-16-15-26-23(29)17-7-4-3-5-8-17/h3-14H,15-16H2,1-2H3,(H,26,29)(H,27,30)(H,28,31). The van der Waals surface area contributed by atoms with Crippen molar-refractivity contribution in [1.29, 1.82) is 0 Å². The van der Waals surface area contributed by atoms with E-state index in [-0.39, 0.29) is 24.3 Å². The van der Waals surface area contributed by atoms with Gasteiger partial charge in [0.25, 0.3) is 17.7 Å². The van der Waals surface area contributed by atoms with Gasteiger partial charge in [0.05, 0.1) is 19.8 Å². The summed E-state index contributed by atoms with van der Waals surface area (Å²) in [5.74, 6) is -0.0454. The van der Waals surface area contributed by atoms with Gasteiger partial charge in [0.15, 0.2) is 11.5 Å². The topological polar surface area (TPSA) is 106 Å². The van der Waals surface area contributed by atoms with Gasteiger partial charge in [-0.2, -0.15) is 0 Å². The van der Waals surface area contributed by atoms with E-state index in [0.717, 1.165) is 0 Å². The molecule has 0 fully saturated rings. The molecule has 0 saturated heterocycles. The van der Waals surface area contributed by atoms with Gasteiger partial charge >= 0.3 is 0 Å². The van der Waals surface area contributed by atoms with Crippen LogP contribution in [0.1, 0.15) is 31.1 Å². The summed E-state index contributed by atoms with van der Waals surface area (Å²) in [6, 6.07) is 20.4. The number of carbonyl (C=O) groups is 3. The third-order valence-electron chi connectivity index (χ3n) is 4.78. The average Bonchev–Trinajstić information content (AvgIpc) is 2.86. The van der Waals surface area contributed by atoms with Gasteiger partial charge in [-0.15, -0.1) is 0 Å². The second kappa shape index (κ2) is 11.3. The summed E-state index contributed by atoms with van der Waals surface area (Å²) in [6.07, 6.45) is 0. The lowest BCUT2D eigenvalue weighted by atomic mass is 10.1. The molecule has 0 unspecified atom stereocenters. The molecule has 170 valence electrons. The monoisotopic (exact) mass is 447 g/mol. The van der Waals surface area contributed by atoms with Gasteiger partial charge < -0.3 is 25.4 Å². The SMILES string of the molecule is COc1cccc(C(=O)Nc2ccc(C(=O)NCCNC(=O)c3ccccc3)cc2)c1OC. The molecular formula is C25H25N3O5. The fourth-order valence-corrected chi connectivity index (χ4v) is 3.12. The fraction of sp³-hybridized carbons (Fsp3) is 0.160. The van der Waals surface area contributed by atoms with Gasteiger partial charge in [0.1, 0.15) is 0 Å². The van der Waals surface area contributed by atoms with Crippen LogP contribution in [0.15, 0.2) is 72.8 Å². The van der Waals surface area contributed by atoms with Crippen molar-refractivity contribution in [2.24, 2.45) is 0 Å². The molecule has 3 amide bonds. The first-order valence-corrected chi connectivity index (χ1v) is 10.3. The van der Waals surface area contributed by atoms with Crippen molar-refractivity contribution in [3.05, 3.63) is 89.5 Å². The number of hydrogen-bond donors (Lipinski definition) is 3. The van der Waals surface area contributed by atoms with E-state index in [9.17, 15) is 14.4 Å². The van der Waals surface area contributed by atoms with E-state index in [2.05, 4.69) is 16.0 Å². The predicted molar refractivity (Wildman–Crippen MR) is 125 cm³/mol. The lowest BCUT2D eigenvalue weighted by molar-refractivity contribution is 0.0927. The van der Waals surface area contributed by atoms with Crippen LogP contribution in [0.25, 0.3) is 0 Å². The van der Waals surface area contributed by atoms with Crippen LogP contribution in [0, 0.1) is 0 Å². The number of para-hydroxylation sites is 1. The van der Waals surface area contributed by atoms with Crippen LogP contribution in [0.2, 0.25) is 0 Å². The van der Waals surface area contributed by atoms with Crippen molar-refractivity contribution in [3.8, 4) is 11.5 Å². The highest BCUT2D eigenvalue weighted by atomic mass is 16.5. The van der Waals surface area contributed by atoms with Crippen molar-refractivity contribution in [3.63, 3.8) is 0 Å². The molecule has 0 saturated carbocycles. The maximum absolute atomic E-state index is 12.7. The van der Waals surface area contributed by atoms with Crippen LogP contribution < -0.4 is 25.4 Å². The fourth-order valence-electron chi connectivity index (χ4n) is 3.12. The molecule has 3 rings (SSSR count). The molecule has 0 heterocycles. The minimum atomic E-state index is -0.364. The first kappa shape index (κ1) is 23.3. The molecule has 0 aromatic heterocycles. The second-order valence-corrected chi connectivity index (χ2v) is 6.95. The molecule has 0 aliphatic carbocycles. The van der Waals surface area contributed by atoms with Crippen LogP contribution in [-0.4, -0.2) is 45.0 Å². The van der Waals surface area contributed by atoms with Gasteiger partial charge in [0.2, 0.25) is 0 Å². The smallest absolute Gasteiger partial charge is 0.259 e. The van der Waals surface area contributed by atoms with Crippen molar-refractivity contribution in [1.82, 2.24) is 10.6 Å². The molecular weight excluding hydrogens is 422 g/mol. The second-order valence-electron chi connectivity index (χ2n) is 6.95. The molecule has 0 aliphatic rings. The summed E-state index contributed by atoms with van der Waals surface area (Å²) in [4.78, 5) is 37.0. The minimum Gasteiger partial charge on any atom is -0.493 e. The number of hydrogen-bond acceptors (Lipinski definition) is 5. The predicted octanol–water partition coefficient (Wildman–Crippen LogP) is 3.12. The molecule has 0 aliphatic heterocycles. The third-order valence-corrected chi connectivity index (χ3v) is 4.78. The molecule has 0 atom stereocenters. The van der Waals surface area contributed by atoms with Gasteiger partial charge in [-0.05, 0) is 48.5 Å². The Hall–Kier alpha value is -4.33. The largest absolute Gasteiger partial charge is 0.493 e. The summed E-state index contributed by atoms with van der Waals surface area (Å²) in [7, 11) is 2.97. The Balaban J connectivity index is 1.51. The summed E-state index contributed by atoms with van der Waals surface area (Å²) in [5.41, 5.74) is 1.85. The zero-order chi connectivity index (χ0) is 23.6. The number of anilines is 1. The Morgan fingerprint density at radius 1 is 0.667 bits per heavy atom. The zero-order valence-electron chi connectivity index (χ0n) is 18.4. The van der Waals surface area contributed by atoms with Gasteiger partial charge in [0, 0.05) is 29.9 Å². The first-order valence-electron chi connectivity index (χ1n) is 10.3. The van der Waals surface area contributed by atoms with Crippen LogP contribution in [0.3, 0.4) is 0 Å². The Labute approximate surface area is 191 Å². The number of rotatable bonds is 9. The van der Waals surface area contributed by atoms with Crippen molar-refractivity contribution < 1.29 is 23.9 Å². The Morgan fingerprint density at radius 3 is 1.85 bits per heavy atom. The third kappa shape index (κ3) is 6.10. The van der Waals surface area contributed by atoms with Gasteiger partial charge in [-0.25, -0.2) is 0 Å². The quantitative estimate of drug-likeness (QED) is 0.437.